The van der Waals surface area contributed by atoms with Crippen molar-refractivity contribution in [2.75, 3.05) is 6.61 Å². The molecule has 0 aliphatic carbocycles. The Kier molecular flexibility index (Phi) is 7.58. The summed E-state index contributed by atoms with van der Waals surface area (Å²) in [6, 6.07) is 0. The summed E-state index contributed by atoms with van der Waals surface area (Å²) < 4.78 is 0. The summed E-state index contributed by atoms with van der Waals surface area (Å²) in [7, 11) is 0. The van der Waals surface area contributed by atoms with Crippen molar-refractivity contribution in [2.45, 2.75) is 52.9 Å². The molecule has 1 nitrogen and oxygen atoms in total. The fraction of sp³-hybridized carbons (Fsp3) is 1.00. The van der Waals surface area contributed by atoms with E-state index >= 15 is 0 Å². The van der Waals surface area contributed by atoms with Gasteiger partial charge in [0.05, 0.1) is 0 Å². The van der Waals surface area contributed by atoms with Gasteiger partial charge in [-0.1, -0.05) is 40.0 Å². The minimum atomic E-state index is 0.379. The van der Waals surface area contributed by atoms with Gasteiger partial charge in [0, 0.05) is 6.61 Å². The highest BCUT2D eigenvalue weighted by Gasteiger charge is 2.11. The Morgan fingerprint density at radius 1 is 1.00 bits per heavy atom. The number of hydrogen-bond donors (Lipinski definition) is 1. The van der Waals surface area contributed by atoms with Gasteiger partial charge in [-0.15, -0.1) is 0 Å². The molecule has 1 atom stereocenters. The third-order valence-electron chi connectivity index (χ3n) is 2.78. The van der Waals surface area contributed by atoms with Crippen LogP contribution in [0.1, 0.15) is 52.9 Å². The zero-order valence-electron chi connectivity index (χ0n) is 8.84. The van der Waals surface area contributed by atoms with Crippen LogP contribution in [0, 0.1) is 11.8 Å². The lowest BCUT2D eigenvalue weighted by molar-refractivity contribution is 0.188. The fourth-order valence-electron chi connectivity index (χ4n) is 1.79. The van der Waals surface area contributed by atoms with Crippen LogP contribution in [0.2, 0.25) is 0 Å². The maximum atomic E-state index is 9.10. The molecule has 0 aliphatic rings. The van der Waals surface area contributed by atoms with Crippen molar-refractivity contribution in [3.8, 4) is 0 Å². The number of aliphatic hydroxyl groups excluding tert-OH is 1. The summed E-state index contributed by atoms with van der Waals surface area (Å²) in [5.74, 6) is 1.38. The lowest BCUT2D eigenvalue weighted by Crippen LogP contribution is -2.11. The van der Waals surface area contributed by atoms with Gasteiger partial charge < -0.3 is 5.11 Å². The minimum Gasteiger partial charge on any atom is -0.396 e. The molecule has 1 N–H and O–H groups in total. The first-order valence-corrected chi connectivity index (χ1v) is 5.39. The van der Waals surface area contributed by atoms with Crippen LogP contribution in [-0.4, -0.2) is 11.7 Å². The maximum Gasteiger partial charge on any atom is 0.0459 e. The van der Waals surface area contributed by atoms with Crippen LogP contribution in [0.4, 0.5) is 0 Å². The number of rotatable bonds is 7. The topological polar surface area (TPSA) is 20.2 Å². The molecule has 0 radical (unpaired) electrons. The summed E-state index contributed by atoms with van der Waals surface area (Å²) in [6.07, 6.45) is 6.13. The second-order valence-electron chi connectivity index (χ2n) is 3.76. The van der Waals surface area contributed by atoms with Crippen molar-refractivity contribution in [3.63, 3.8) is 0 Å². The summed E-state index contributed by atoms with van der Waals surface area (Å²) in [4.78, 5) is 0. The van der Waals surface area contributed by atoms with Gasteiger partial charge in [0.15, 0.2) is 0 Å². The quantitative estimate of drug-likeness (QED) is 0.625. The van der Waals surface area contributed by atoms with Gasteiger partial charge in [0.1, 0.15) is 0 Å². The molecule has 0 spiro atoms. The Morgan fingerprint density at radius 3 is 1.92 bits per heavy atom. The molecule has 74 valence electrons. The summed E-state index contributed by atoms with van der Waals surface area (Å²) in [5, 5.41) is 9.10. The van der Waals surface area contributed by atoms with E-state index in [1.54, 1.807) is 0 Å². The van der Waals surface area contributed by atoms with Gasteiger partial charge in [0.2, 0.25) is 0 Å². The van der Waals surface area contributed by atoms with Crippen molar-refractivity contribution >= 4 is 0 Å². The third-order valence-corrected chi connectivity index (χ3v) is 2.78. The van der Waals surface area contributed by atoms with Gasteiger partial charge in [-0.3, -0.25) is 0 Å². The molecular weight excluding hydrogens is 148 g/mol. The Morgan fingerprint density at radius 2 is 1.58 bits per heavy atom. The Hall–Kier alpha value is -0.0400. The Bertz CT molecular complexity index is 87.0. The van der Waals surface area contributed by atoms with Gasteiger partial charge in [0.25, 0.3) is 0 Å². The van der Waals surface area contributed by atoms with E-state index in [-0.39, 0.29) is 0 Å². The van der Waals surface area contributed by atoms with E-state index in [4.69, 9.17) is 5.11 Å². The molecule has 1 unspecified atom stereocenters. The first-order chi connectivity index (χ1) is 5.78. The second kappa shape index (κ2) is 7.60. The minimum absolute atomic E-state index is 0.379. The second-order valence-corrected chi connectivity index (χ2v) is 3.76. The predicted molar refractivity (Wildman–Crippen MR) is 54.2 cm³/mol. The summed E-state index contributed by atoms with van der Waals surface area (Å²) in [6.45, 7) is 7.06. The molecule has 0 heterocycles. The van der Waals surface area contributed by atoms with E-state index in [1.165, 1.54) is 32.1 Å². The SMILES string of the molecule is CCCC(CO)CC(CC)CC. The highest BCUT2D eigenvalue weighted by Crippen LogP contribution is 2.21. The smallest absolute Gasteiger partial charge is 0.0459 e. The van der Waals surface area contributed by atoms with Crippen LogP contribution in [0.5, 0.6) is 0 Å². The lowest BCUT2D eigenvalue weighted by atomic mass is 9.89. The maximum absolute atomic E-state index is 9.10. The molecule has 0 amide bonds. The van der Waals surface area contributed by atoms with Crippen LogP contribution in [0.3, 0.4) is 0 Å². The zero-order valence-corrected chi connectivity index (χ0v) is 8.84. The number of aliphatic hydroxyl groups is 1. The average molecular weight is 172 g/mol. The highest BCUT2D eigenvalue weighted by molar-refractivity contribution is 4.63. The predicted octanol–water partition coefficient (Wildman–Crippen LogP) is 3.22. The van der Waals surface area contributed by atoms with E-state index in [0.29, 0.717) is 12.5 Å². The first kappa shape index (κ1) is 12.0. The highest BCUT2D eigenvalue weighted by atomic mass is 16.3. The van der Waals surface area contributed by atoms with Crippen LogP contribution in [-0.2, 0) is 0 Å². The molecule has 1 heteroatoms. The van der Waals surface area contributed by atoms with Crippen LogP contribution in [0.25, 0.3) is 0 Å². The summed E-state index contributed by atoms with van der Waals surface area (Å²) in [5.41, 5.74) is 0. The van der Waals surface area contributed by atoms with Gasteiger partial charge in [-0.25, -0.2) is 0 Å². The normalized spacial score (nSPS) is 13.8. The Balaban J connectivity index is 3.65. The van der Waals surface area contributed by atoms with Gasteiger partial charge in [-0.05, 0) is 24.7 Å². The van der Waals surface area contributed by atoms with Crippen molar-refractivity contribution in [2.24, 2.45) is 11.8 Å². The van der Waals surface area contributed by atoms with Crippen molar-refractivity contribution in [3.05, 3.63) is 0 Å². The summed E-state index contributed by atoms with van der Waals surface area (Å²) >= 11 is 0. The van der Waals surface area contributed by atoms with Crippen LogP contribution < -0.4 is 0 Å². The Labute approximate surface area is 77.2 Å². The van der Waals surface area contributed by atoms with Crippen molar-refractivity contribution in [1.82, 2.24) is 0 Å². The molecule has 0 aromatic heterocycles. The molecule has 0 aromatic rings. The molecule has 0 aromatic carbocycles. The monoisotopic (exact) mass is 172 g/mol. The number of hydrogen-bond acceptors (Lipinski definition) is 1. The molecule has 0 saturated heterocycles. The third kappa shape index (κ3) is 4.76. The largest absolute Gasteiger partial charge is 0.396 e. The molecule has 12 heavy (non-hydrogen) atoms. The molecule has 0 aliphatic heterocycles. The van der Waals surface area contributed by atoms with E-state index in [9.17, 15) is 0 Å². The van der Waals surface area contributed by atoms with E-state index < -0.39 is 0 Å². The first-order valence-electron chi connectivity index (χ1n) is 5.39. The molecule has 0 rings (SSSR count). The van der Waals surface area contributed by atoms with Gasteiger partial charge in [-0.2, -0.15) is 0 Å². The molecule has 0 fully saturated rings. The zero-order chi connectivity index (χ0) is 9.40. The van der Waals surface area contributed by atoms with Crippen LogP contribution in [0.15, 0.2) is 0 Å². The van der Waals surface area contributed by atoms with Crippen molar-refractivity contribution in [1.29, 1.82) is 0 Å². The van der Waals surface area contributed by atoms with Gasteiger partial charge >= 0.3 is 0 Å². The van der Waals surface area contributed by atoms with E-state index in [1.807, 2.05) is 0 Å². The fourth-order valence-corrected chi connectivity index (χ4v) is 1.79. The molecule has 0 bridgehead atoms. The molecular formula is C11H24O. The van der Waals surface area contributed by atoms with Crippen molar-refractivity contribution < 1.29 is 5.11 Å². The average Bonchev–Trinajstić information content (AvgIpc) is 2.12. The lowest BCUT2D eigenvalue weighted by Gasteiger charge is -2.19. The van der Waals surface area contributed by atoms with E-state index in [2.05, 4.69) is 20.8 Å². The van der Waals surface area contributed by atoms with Crippen LogP contribution >= 0.6 is 0 Å². The van der Waals surface area contributed by atoms with E-state index in [0.717, 1.165) is 5.92 Å². The standard InChI is InChI=1S/C11H24O/c1-4-7-11(9-12)8-10(5-2)6-3/h10-12H,4-9H2,1-3H3. The molecule has 0 saturated carbocycles.